The molecule has 2 aromatic carbocycles. The van der Waals surface area contributed by atoms with Crippen molar-refractivity contribution in [2.75, 3.05) is 41.2 Å². The van der Waals surface area contributed by atoms with Crippen molar-refractivity contribution in [3.05, 3.63) is 78.4 Å². The van der Waals surface area contributed by atoms with E-state index in [-0.39, 0.29) is 10.5 Å². The zero-order valence-corrected chi connectivity index (χ0v) is 17.8. The van der Waals surface area contributed by atoms with Crippen LogP contribution in [0.15, 0.2) is 71.9 Å². The number of amides is 1. The van der Waals surface area contributed by atoms with Crippen LogP contribution in [0.3, 0.4) is 0 Å². The molecule has 1 saturated heterocycles. The molecular formula is C22H21FN4O4S. The van der Waals surface area contributed by atoms with Crippen LogP contribution in [0.2, 0.25) is 0 Å². The van der Waals surface area contributed by atoms with Crippen molar-refractivity contribution in [1.82, 2.24) is 4.98 Å². The van der Waals surface area contributed by atoms with Crippen LogP contribution < -0.4 is 14.9 Å². The summed E-state index contributed by atoms with van der Waals surface area (Å²) in [6.45, 7) is 2.30. The van der Waals surface area contributed by atoms with Crippen LogP contribution >= 0.6 is 0 Å². The second kappa shape index (κ2) is 9.33. The van der Waals surface area contributed by atoms with Gasteiger partial charge in [-0.15, -0.1) is 0 Å². The van der Waals surface area contributed by atoms with Gasteiger partial charge in [-0.05, 0) is 54.6 Å². The van der Waals surface area contributed by atoms with Crippen LogP contribution in [0.1, 0.15) is 10.4 Å². The summed E-state index contributed by atoms with van der Waals surface area (Å²) >= 11 is 0. The molecule has 0 bridgehead atoms. The fourth-order valence-electron chi connectivity index (χ4n) is 3.27. The van der Waals surface area contributed by atoms with Crippen molar-refractivity contribution in [3.8, 4) is 0 Å². The van der Waals surface area contributed by atoms with Gasteiger partial charge in [0.1, 0.15) is 5.82 Å². The molecule has 8 nitrogen and oxygen atoms in total. The van der Waals surface area contributed by atoms with Gasteiger partial charge < -0.3 is 15.0 Å². The molecule has 3 aromatic rings. The molecule has 0 saturated carbocycles. The maximum Gasteiger partial charge on any atom is 0.261 e. The number of nitrogens with one attached hydrogen (secondary N) is 2. The van der Waals surface area contributed by atoms with Crippen molar-refractivity contribution in [2.45, 2.75) is 4.90 Å². The highest BCUT2D eigenvalue weighted by atomic mass is 32.2. The molecule has 166 valence electrons. The molecule has 1 aliphatic heterocycles. The molecule has 10 heteroatoms. The van der Waals surface area contributed by atoms with Gasteiger partial charge >= 0.3 is 0 Å². The summed E-state index contributed by atoms with van der Waals surface area (Å²) in [4.78, 5) is 18.3. The first-order valence-corrected chi connectivity index (χ1v) is 11.4. The number of carbonyl (C=O) groups excluding carboxylic acids is 1. The van der Waals surface area contributed by atoms with E-state index in [0.717, 1.165) is 0 Å². The monoisotopic (exact) mass is 456 g/mol. The van der Waals surface area contributed by atoms with E-state index in [1.807, 2.05) is 4.90 Å². The number of nitrogens with zero attached hydrogens (tertiary/aromatic N) is 2. The Morgan fingerprint density at radius 2 is 1.66 bits per heavy atom. The molecule has 0 aliphatic carbocycles. The highest BCUT2D eigenvalue weighted by molar-refractivity contribution is 7.92. The Balaban J connectivity index is 1.43. The summed E-state index contributed by atoms with van der Waals surface area (Å²) in [6, 6.07) is 13.0. The third-order valence-electron chi connectivity index (χ3n) is 4.92. The molecule has 1 aromatic heterocycles. The van der Waals surface area contributed by atoms with Crippen LogP contribution in [-0.4, -0.2) is 45.6 Å². The highest BCUT2D eigenvalue weighted by Crippen LogP contribution is 2.24. The summed E-state index contributed by atoms with van der Waals surface area (Å²) in [5.74, 6) is -0.914. The van der Waals surface area contributed by atoms with Crippen LogP contribution in [0.5, 0.6) is 0 Å². The maximum absolute atomic E-state index is 14.5. The average molecular weight is 456 g/mol. The molecular weight excluding hydrogens is 435 g/mol. The lowest BCUT2D eigenvalue weighted by molar-refractivity contribution is 0.102. The first-order valence-electron chi connectivity index (χ1n) is 9.89. The molecule has 4 rings (SSSR count). The van der Waals surface area contributed by atoms with E-state index in [2.05, 4.69) is 15.0 Å². The lowest BCUT2D eigenvalue weighted by atomic mass is 10.2. The summed E-state index contributed by atoms with van der Waals surface area (Å²) in [5.41, 5.74) is 1.39. The maximum atomic E-state index is 14.5. The standard InChI is InChI=1S/C22H21FN4O4S/c23-20-15-18(3-6-21(20)27-11-13-31-14-12-27)25-22(28)16-1-4-19(5-2-16)32(29,30)26-17-7-9-24-10-8-17/h1-10,15H,11-14H2,(H,24,26)(H,25,28). The minimum Gasteiger partial charge on any atom is -0.378 e. The van der Waals surface area contributed by atoms with Gasteiger partial charge in [0.15, 0.2) is 0 Å². The Labute approximate surface area is 185 Å². The van der Waals surface area contributed by atoms with E-state index in [9.17, 15) is 17.6 Å². The number of rotatable bonds is 6. The van der Waals surface area contributed by atoms with E-state index in [1.54, 1.807) is 12.1 Å². The third-order valence-corrected chi connectivity index (χ3v) is 6.31. The number of carbonyl (C=O) groups is 1. The Morgan fingerprint density at radius 3 is 2.31 bits per heavy atom. The Hall–Kier alpha value is -3.50. The van der Waals surface area contributed by atoms with Gasteiger partial charge in [0.05, 0.1) is 29.5 Å². The third kappa shape index (κ3) is 5.04. The lowest BCUT2D eigenvalue weighted by Gasteiger charge is -2.29. The normalized spacial score (nSPS) is 14.1. The van der Waals surface area contributed by atoms with Crippen LogP contribution in [0, 0.1) is 5.82 Å². The summed E-state index contributed by atoms with van der Waals surface area (Å²) < 4.78 is 47.2. The number of anilines is 3. The molecule has 0 radical (unpaired) electrons. The molecule has 32 heavy (non-hydrogen) atoms. The number of hydrogen-bond donors (Lipinski definition) is 2. The Morgan fingerprint density at radius 1 is 0.969 bits per heavy atom. The van der Waals surface area contributed by atoms with Crippen LogP contribution in [-0.2, 0) is 14.8 Å². The quantitative estimate of drug-likeness (QED) is 0.591. The van der Waals surface area contributed by atoms with Crippen molar-refractivity contribution >= 4 is 33.0 Å². The number of benzene rings is 2. The van der Waals surface area contributed by atoms with Gasteiger partial charge in [-0.25, -0.2) is 12.8 Å². The fraction of sp³-hybridized carbons (Fsp3) is 0.182. The van der Waals surface area contributed by atoms with Crippen LogP contribution in [0.25, 0.3) is 0 Å². The number of sulfonamides is 1. The molecule has 0 unspecified atom stereocenters. The van der Waals surface area contributed by atoms with Crippen LogP contribution in [0.4, 0.5) is 21.5 Å². The molecule has 0 spiro atoms. The van der Waals surface area contributed by atoms with Gasteiger partial charge in [-0.2, -0.15) is 0 Å². The van der Waals surface area contributed by atoms with Crippen molar-refractivity contribution in [1.29, 1.82) is 0 Å². The molecule has 1 amide bonds. The topological polar surface area (TPSA) is 101 Å². The summed E-state index contributed by atoms with van der Waals surface area (Å²) in [5, 5.41) is 2.63. The van der Waals surface area contributed by atoms with Gasteiger partial charge in [-0.1, -0.05) is 0 Å². The Kier molecular flexibility index (Phi) is 6.33. The van der Waals surface area contributed by atoms with E-state index in [0.29, 0.717) is 43.4 Å². The summed E-state index contributed by atoms with van der Waals surface area (Å²) in [7, 11) is -3.81. The highest BCUT2D eigenvalue weighted by Gasteiger charge is 2.17. The molecule has 1 aliphatic rings. The first-order chi connectivity index (χ1) is 15.4. The number of ether oxygens (including phenoxy) is 1. The fourth-order valence-corrected chi connectivity index (χ4v) is 4.33. The molecule has 0 atom stereocenters. The number of hydrogen-bond acceptors (Lipinski definition) is 6. The lowest BCUT2D eigenvalue weighted by Crippen LogP contribution is -2.36. The number of aromatic nitrogens is 1. The van der Waals surface area contributed by atoms with Crippen molar-refractivity contribution in [3.63, 3.8) is 0 Å². The van der Waals surface area contributed by atoms with Crippen molar-refractivity contribution < 1.29 is 22.3 Å². The smallest absolute Gasteiger partial charge is 0.261 e. The second-order valence-corrected chi connectivity index (χ2v) is 8.77. The number of morpholine rings is 1. The van der Waals surface area contributed by atoms with Gasteiger partial charge in [0.25, 0.3) is 15.9 Å². The predicted octanol–water partition coefficient (Wildman–Crippen LogP) is 3.11. The van der Waals surface area contributed by atoms with Crippen molar-refractivity contribution in [2.24, 2.45) is 0 Å². The predicted molar refractivity (Wildman–Crippen MR) is 119 cm³/mol. The van der Waals surface area contributed by atoms with E-state index >= 15 is 0 Å². The minimum absolute atomic E-state index is 0.00627. The molecule has 2 heterocycles. The van der Waals surface area contributed by atoms with E-state index < -0.39 is 21.7 Å². The van der Waals surface area contributed by atoms with Gasteiger partial charge in [0.2, 0.25) is 0 Å². The molecule has 1 fully saturated rings. The SMILES string of the molecule is O=C(Nc1ccc(N2CCOCC2)c(F)c1)c1ccc(S(=O)(=O)Nc2ccncc2)cc1. The molecule has 2 N–H and O–H groups in total. The largest absolute Gasteiger partial charge is 0.378 e. The number of pyridine rings is 1. The zero-order chi connectivity index (χ0) is 22.6. The summed E-state index contributed by atoms with van der Waals surface area (Å²) in [6.07, 6.45) is 2.95. The number of halogens is 1. The average Bonchev–Trinajstić information content (AvgIpc) is 2.80. The van der Waals surface area contributed by atoms with E-state index in [4.69, 9.17) is 4.74 Å². The minimum atomic E-state index is -3.81. The Bertz CT molecular complexity index is 1200. The first kappa shape index (κ1) is 21.7. The van der Waals surface area contributed by atoms with E-state index in [1.165, 1.54) is 54.9 Å². The zero-order valence-electron chi connectivity index (χ0n) is 17.0. The van der Waals surface area contributed by atoms with Gasteiger partial charge in [-0.3, -0.25) is 14.5 Å². The second-order valence-electron chi connectivity index (χ2n) is 7.09. The van der Waals surface area contributed by atoms with Gasteiger partial charge in [0, 0.05) is 36.7 Å².